The van der Waals surface area contributed by atoms with E-state index >= 15 is 0 Å². The van der Waals surface area contributed by atoms with Crippen LogP contribution >= 0.6 is 0 Å². The zero-order valence-corrected chi connectivity index (χ0v) is 14.2. The van der Waals surface area contributed by atoms with Crippen LogP contribution in [-0.4, -0.2) is 31.6 Å². The zero-order valence-electron chi connectivity index (χ0n) is 13.4. The van der Waals surface area contributed by atoms with Crippen LogP contribution in [-0.2, 0) is 14.8 Å². The number of ketones is 1. The number of carbonyl (C=O) groups is 1. The number of hydrogen-bond acceptors (Lipinski definition) is 3. The van der Waals surface area contributed by atoms with Gasteiger partial charge >= 0.3 is 0 Å². The summed E-state index contributed by atoms with van der Waals surface area (Å²) in [5.41, 5.74) is 1.54. The number of aryl methyl sites for hydroxylation is 1. The van der Waals surface area contributed by atoms with Gasteiger partial charge in [0.15, 0.2) is 0 Å². The first-order chi connectivity index (χ1) is 10.1. The Hall–Kier alpha value is -1.46. The predicted molar refractivity (Wildman–Crippen MR) is 87.1 cm³/mol. The van der Waals surface area contributed by atoms with E-state index in [0.29, 0.717) is 19.4 Å². The molecule has 1 aromatic rings. The summed E-state index contributed by atoms with van der Waals surface area (Å²) in [6, 6.07) is 6.84. The molecule has 0 radical (unpaired) electrons. The maximum atomic E-state index is 12.9. The van der Waals surface area contributed by atoms with E-state index in [0.717, 1.165) is 11.1 Å². The van der Waals surface area contributed by atoms with Crippen molar-refractivity contribution in [3.63, 3.8) is 0 Å². The van der Waals surface area contributed by atoms with Gasteiger partial charge in [-0.3, -0.25) is 4.79 Å². The molecule has 1 aromatic carbocycles. The van der Waals surface area contributed by atoms with Crippen molar-refractivity contribution >= 4 is 15.8 Å². The molecule has 4 nitrogen and oxygen atoms in total. The molecular formula is C17H23NO3S. The average molecular weight is 321 g/mol. The Morgan fingerprint density at radius 3 is 2.27 bits per heavy atom. The van der Waals surface area contributed by atoms with Crippen LogP contribution in [0.3, 0.4) is 0 Å². The van der Waals surface area contributed by atoms with Crippen molar-refractivity contribution in [3.05, 3.63) is 42.0 Å². The highest BCUT2D eigenvalue weighted by molar-refractivity contribution is 7.89. The van der Waals surface area contributed by atoms with Crippen molar-refractivity contribution in [2.75, 3.05) is 13.1 Å². The molecule has 22 heavy (non-hydrogen) atoms. The molecule has 0 N–H and O–H groups in total. The van der Waals surface area contributed by atoms with Gasteiger partial charge in [0.1, 0.15) is 5.78 Å². The van der Waals surface area contributed by atoms with E-state index in [9.17, 15) is 13.2 Å². The molecule has 0 heterocycles. The Labute approximate surface area is 132 Å². The van der Waals surface area contributed by atoms with Crippen LogP contribution < -0.4 is 0 Å². The average Bonchev–Trinajstić information content (AvgIpc) is 2.36. The van der Waals surface area contributed by atoms with E-state index in [2.05, 4.69) is 6.58 Å². The standard InChI is InChI=1S/C17H23NO3S/c1-13(2)11-18(12-17(4)9-15(19)10-17)22(20,21)16-7-5-14(3)6-8-16/h5-8H,1,9-12H2,2-4H3. The van der Waals surface area contributed by atoms with Gasteiger partial charge < -0.3 is 0 Å². The third kappa shape index (κ3) is 3.65. The van der Waals surface area contributed by atoms with Crippen LogP contribution in [0.25, 0.3) is 0 Å². The molecule has 1 saturated carbocycles. The van der Waals surface area contributed by atoms with E-state index in [1.807, 2.05) is 20.8 Å². The molecule has 2 rings (SSSR count). The summed E-state index contributed by atoms with van der Waals surface area (Å²) in [5.74, 6) is 0.200. The number of benzene rings is 1. The van der Waals surface area contributed by atoms with Crippen molar-refractivity contribution in [2.45, 2.75) is 38.5 Å². The van der Waals surface area contributed by atoms with Gasteiger partial charge in [0.2, 0.25) is 10.0 Å². The number of carbonyl (C=O) groups excluding carboxylic acids is 1. The van der Waals surface area contributed by atoms with Crippen LogP contribution in [0.1, 0.15) is 32.3 Å². The molecule has 0 saturated heterocycles. The van der Waals surface area contributed by atoms with Crippen LogP contribution in [0.2, 0.25) is 0 Å². The molecule has 1 aliphatic carbocycles. The molecule has 0 aliphatic heterocycles. The summed E-state index contributed by atoms with van der Waals surface area (Å²) < 4.78 is 27.2. The van der Waals surface area contributed by atoms with Gasteiger partial charge in [-0.05, 0) is 31.4 Å². The first-order valence-corrected chi connectivity index (χ1v) is 8.79. The summed E-state index contributed by atoms with van der Waals surface area (Å²) in [7, 11) is -3.58. The van der Waals surface area contributed by atoms with Crippen molar-refractivity contribution in [3.8, 4) is 0 Å². The summed E-state index contributed by atoms with van der Waals surface area (Å²) in [6.45, 7) is 10.2. The predicted octanol–water partition coefficient (Wildman–Crippen LogP) is 2.93. The molecule has 120 valence electrons. The smallest absolute Gasteiger partial charge is 0.243 e. The monoisotopic (exact) mass is 321 g/mol. The number of sulfonamides is 1. The third-order valence-electron chi connectivity index (χ3n) is 3.91. The molecule has 5 heteroatoms. The molecular weight excluding hydrogens is 298 g/mol. The minimum atomic E-state index is -3.58. The Bertz CT molecular complexity index is 681. The van der Waals surface area contributed by atoms with Gasteiger partial charge in [-0.1, -0.05) is 36.8 Å². The molecule has 1 aliphatic rings. The molecule has 0 amide bonds. The van der Waals surface area contributed by atoms with E-state index in [4.69, 9.17) is 0 Å². The van der Waals surface area contributed by atoms with E-state index in [1.54, 1.807) is 24.3 Å². The van der Waals surface area contributed by atoms with Gasteiger partial charge in [0.05, 0.1) is 4.90 Å². The first kappa shape index (κ1) is 16.9. The van der Waals surface area contributed by atoms with Gasteiger partial charge in [0.25, 0.3) is 0 Å². The molecule has 1 fully saturated rings. The lowest BCUT2D eigenvalue weighted by Crippen LogP contribution is -2.47. The zero-order chi connectivity index (χ0) is 16.5. The van der Waals surface area contributed by atoms with Gasteiger partial charge in [-0.25, -0.2) is 8.42 Å². The largest absolute Gasteiger partial charge is 0.300 e. The minimum absolute atomic E-state index is 0.200. The maximum absolute atomic E-state index is 12.9. The Kier molecular flexibility index (Phi) is 4.59. The van der Waals surface area contributed by atoms with Crippen molar-refractivity contribution in [1.29, 1.82) is 0 Å². The minimum Gasteiger partial charge on any atom is -0.300 e. The summed E-state index contributed by atoms with van der Waals surface area (Å²) in [4.78, 5) is 11.6. The lowest BCUT2D eigenvalue weighted by atomic mass is 9.69. The SMILES string of the molecule is C=C(C)CN(CC1(C)CC(=O)C1)S(=O)(=O)c1ccc(C)cc1. The van der Waals surface area contributed by atoms with Crippen LogP contribution in [0.5, 0.6) is 0 Å². The molecule has 0 bridgehead atoms. The first-order valence-electron chi connectivity index (χ1n) is 7.35. The number of nitrogens with zero attached hydrogens (tertiary/aromatic N) is 1. The second-order valence-corrected chi connectivity index (χ2v) is 8.68. The topological polar surface area (TPSA) is 54.5 Å². The van der Waals surface area contributed by atoms with Gasteiger partial charge in [-0.15, -0.1) is 0 Å². The number of Topliss-reactive ketones (excluding diaryl/α,β-unsaturated/α-hetero) is 1. The van der Waals surface area contributed by atoms with Crippen molar-refractivity contribution < 1.29 is 13.2 Å². The van der Waals surface area contributed by atoms with Gasteiger partial charge in [-0.2, -0.15) is 4.31 Å². The fourth-order valence-electron chi connectivity index (χ4n) is 2.82. The van der Waals surface area contributed by atoms with Crippen molar-refractivity contribution in [2.24, 2.45) is 5.41 Å². The third-order valence-corrected chi connectivity index (χ3v) is 5.72. The highest BCUT2D eigenvalue weighted by atomic mass is 32.2. The summed E-state index contributed by atoms with van der Waals surface area (Å²) >= 11 is 0. The molecule has 0 spiro atoms. The van der Waals surface area contributed by atoms with E-state index in [1.165, 1.54) is 4.31 Å². The lowest BCUT2D eigenvalue weighted by molar-refractivity contribution is -0.132. The van der Waals surface area contributed by atoms with Gasteiger partial charge in [0, 0.05) is 25.9 Å². The maximum Gasteiger partial charge on any atom is 0.243 e. The van der Waals surface area contributed by atoms with Crippen LogP contribution in [0.15, 0.2) is 41.3 Å². The normalized spacial score (nSPS) is 17.4. The second kappa shape index (κ2) is 5.97. The lowest BCUT2D eigenvalue weighted by Gasteiger charge is -2.40. The Morgan fingerprint density at radius 1 is 1.27 bits per heavy atom. The van der Waals surface area contributed by atoms with Crippen molar-refractivity contribution in [1.82, 2.24) is 4.31 Å². The fraction of sp³-hybridized carbons (Fsp3) is 0.471. The van der Waals surface area contributed by atoms with E-state index < -0.39 is 10.0 Å². The summed E-state index contributed by atoms with van der Waals surface area (Å²) in [6.07, 6.45) is 0.895. The quantitative estimate of drug-likeness (QED) is 0.757. The second-order valence-electron chi connectivity index (χ2n) is 6.75. The highest BCUT2D eigenvalue weighted by Gasteiger charge is 2.42. The Morgan fingerprint density at radius 2 is 1.82 bits per heavy atom. The summed E-state index contributed by atoms with van der Waals surface area (Å²) in [5, 5.41) is 0. The van der Waals surface area contributed by atoms with Crippen LogP contribution in [0.4, 0.5) is 0 Å². The molecule has 0 atom stereocenters. The fourth-order valence-corrected chi connectivity index (χ4v) is 4.47. The van der Waals surface area contributed by atoms with Crippen LogP contribution in [0, 0.1) is 12.3 Å². The number of hydrogen-bond donors (Lipinski definition) is 0. The van der Waals surface area contributed by atoms with E-state index in [-0.39, 0.29) is 22.6 Å². The number of rotatable bonds is 6. The highest BCUT2D eigenvalue weighted by Crippen LogP contribution is 2.39. The molecule has 0 aromatic heterocycles. The Balaban J connectivity index is 2.29. The molecule has 0 unspecified atom stereocenters.